The van der Waals surface area contributed by atoms with Crippen molar-refractivity contribution in [1.29, 1.82) is 0 Å². The van der Waals surface area contributed by atoms with Gasteiger partial charge in [0.25, 0.3) is 0 Å². The van der Waals surface area contributed by atoms with Crippen molar-refractivity contribution in [2.75, 3.05) is 0 Å². The van der Waals surface area contributed by atoms with Crippen LogP contribution in [0.5, 0.6) is 5.75 Å². The molecule has 1 aromatic heterocycles. The maximum atomic E-state index is 13.1. The number of carbonyl (C=O) groups excluding carboxylic acids is 1. The SMILES string of the molecule is Cc1oc(C(=O)NN)cc1COc1ccc(F)c(Br)c1. The molecule has 0 unspecified atom stereocenters. The van der Waals surface area contributed by atoms with Gasteiger partial charge in [-0.3, -0.25) is 10.2 Å². The van der Waals surface area contributed by atoms with Crippen LogP contribution >= 0.6 is 15.9 Å². The van der Waals surface area contributed by atoms with Gasteiger partial charge in [-0.25, -0.2) is 10.2 Å². The van der Waals surface area contributed by atoms with Crippen molar-refractivity contribution in [3.05, 3.63) is 51.6 Å². The lowest BCUT2D eigenvalue weighted by Crippen LogP contribution is -2.29. The second-order valence-corrected chi connectivity index (χ2v) is 4.88. The molecular formula is C13H12BrFN2O3. The van der Waals surface area contributed by atoms with Gasteiger partial charge in [-0.05, 0) is 47.1 Å². The monoisotopic (exact) mass is 342 g/mol. The third kappa shape index (κ3) is 3.17. The zero-order chi connectivity index (χ0) is 14.7. The summed E-state index contributed by atoms with van der Waals surface area (Å²) in [5.74, 6) is 5.33. The summed E-state index contributed by atoms with van der Waals surface area (Å²) in [5.41, 5.74) is 2.70. The van der Waals surface area contributed by atoms with Crippen LogP contribution in [-0.4, -0.2) is 5.91 Å². The van der Waals surface area contributed by atoms with E-state index in [-0.39, 0.29) is 18.2 Å². The largest absolute Gasteiger partial charge is 0.489 e. The van der Waals surface area contributed by atoms with Crippen molar-refractivity contribution >= 4 is 21.8 Å². The Morgan fingerprint density at radius 2 is 2.25 bits per heavy atom. The van der Waals surface area contributed by atoms with E-state index in [4.69, 9.17) is 15.0 Å². The van der Waals surface area contributed by atoms with E-state index in [2.05, 4.69) is 15.9 Å². The first-order valence-electron chi connectivity index (χ1n) is 5.69. The van der Waals surface area contributed by atoms with Gasteiger partial charge in [-0.15, -0.1) is 0 Å². The molecule has 3 N–H and O–H groups in total. The molecule has 0 radical (unpaired) electrons. The number of carbonyl (C=O) groups is 1. The molecule has 1 amide bonds. The third-order valence-electron chi connectivity index (χ3n) is 2.66. The molecular weight excluding hydrogens is 331 g/mol. The van der Waals surface area contributed by atoms with Gasteiger partial charge in [0, 0.05) is 5.56 Å². The summed E-state index contributed by atoms with van der Waals surface area (Å²) in [4.78, 5) is 11.3. The van der Waals surface area contributed by atoms with Crippen LogP contribution in [0, 0.1) is 12.7 Å². The van der Waals surface area contributed by atoms with E-state index in [0.29, 0.717) is 21.5 Å². The minimum Gasteiger partial charge on any atom is -0.489 e. The summed E-state index contributed by atoms with van der Waals surface area (Å²) in [6.07, 6.45) is 0. The molecule has 0 atom stereocenters. The molecule has 0 bridgehead atoms. The highest BCUT2D eigenvalue weighted by Crippen LogP contribution is 2.23. The smallest absolute Gasteiger partial charge is 0.300 e. The maximum Gasteiger partial charge on any atom is 0.300 e. The zero-order valence-corrected chi connectivity index (χ0v) is 12.2. The normalized spacial score (nSPS) is 10.4. The number of ether oxygens (including phenoxy) is 1. The fourth-order valence-electron chi connectivity index (χ4n) is 1.57. The van der Waals surface area contributed by atoms with E-state index in [1.165, 1.54) is 18.2 Å². The van der Waals surface area contributed by atoms with E-state index in [1.807, 2.05) is 5.43 Å². The molecule has 0 saturated carbocycles. The van der Waals surface area contributed by atoms with Crippen molar-refractivity contribution in [3.63, 3.8) is 0 Å². The molecule has 0 fully saturated rings. The van der Waals surface area contributed by atoms with E-state index in [9.17, 15) is 9.18 Å². The van der Waals surface area contributed by atoms with Crippen LogP contribution in [0.2, 0.25) is 0 Å². The lowest BCUT2D eigenvalue weighted by molar-refractivity contribution is 0.0924. The first-order chi connectivity index (χ1) is 9.51. The van der Waals surface area contributed by atoms with Crippen LogP contribution in [0.4, 0.5) is 4.39 Å². The number of nitrogens with two attached hydrogens (primary N) is 1. The fourth-order valence-corrected chi connectivity index (χ4v) is 1.93. The van der Waals surface area contributed by atoms with Gasteiger partial charge in [0.2, 0.25) is 0 Å². The fraction of sp³-hybridized carbons (Fsp3) is 0.154. The Kier molecular flexibility index (Phi) is 4.41. The number of hydrogen-bond donors (Lipinski definition) is 2. The quantitative estimate of drug-likeness (QED) is 0.508. The van der Waals surface area contributed by atoms with Gasteiger partial charge in [0.05, 0.1) is 4.47 Å². The van der Waals surface area contributed by atoms with E-state index in [0.717, 1.165) is 0 Å². The highest BCUT2D eigenvalue weighted by Gasteiger charge is 2.14. The van der Waals surface area contributed by atoms with Crippen LogP contribution < -0.4 is 16.0 Å². The summed E-state index contributed by atoms with van der Waals surface area (Å²) in [7, 11) is 0. The second kappa shape index (κ2) is 6.06. The standard InChI is InChI=1S/C13H12BrFN2O3/c1-7-8(4-12(20-7)13(18)17-16)6-19-9-2-3-11(15)10(14)5-9/h2-5H,6,16H2,1H3,(H,17,18). The van der Waals surface area contributed by atoms with Gasteiger partial charge in [0.1, 0.15) is 23.9 Å². The molecule has 1 aromatic carbocycles. The minimum absolute atomic E-state index is 0.115. The van der Waals surface area contributed by atoms with Gasteiger partial charge in [-0.2, -0.15) is 0 Å². The Morgan fingerprint density at radius 1 is 1.50 bits per heavy atom. The summed E-state index contributed by atoms with van der Waals surface area (Å²) < 4.78 is 24.2. The topological polar surface area (TPSA) is 77.5 Å². The molecule has 0 aliphatic heterocycles. The summed E-state index contributed by atoms with van der Waals surface area (Å²) in [5, 5.41) is 0. The average Bonchev–Trinajstić information content (AvgIpc) is 2.80. The molecule has 5 nitrogen and oxygen atoms in total. The molecule has 2 rings (SSSR count). The number of amides is 1. The molecule has 2 aromatic rings. The van der Waals surface area contributed by atoms with Crippen LogP contribution in [-0.2, 0) is 6.61 Å². The van der Waals surface area contributed by atoms with Crippen LogP contribution in [0.25, 0.3) is 0 Å². The minimum atomic E-state index is -0.510. The lowest BCUT2D eigenvalue weighted by Gasteiger charge is -2.05. The number of aryl methyl sites for hydroxylation is 1. The van der Waals surface area contributed by atoms with Gasteiger partial charge in [-0.1, -0.05) is 0 Å². The molecule has 106 valence electrons. The Bertz CT molecular complexity index is 643. The molecule has 0 aliphatic rings. The van der Waals surface area contributed by atoms with Crippen molar-refractivity contribution < 1.29 is 18.3 Å². The van der Waals surface area contributed by atoms with Crippen molar-refractivity contribution in [1.82, 2.24) is 5.43 Å². The first-order valence-corrected chi connectivity index (χ1v) is 6.48. The van der Waals surface area contributed by atoms with Crippen molar-refractivity contribution in [2.45, 2.75) is 13.5 Å². The number of nitrogens with one attached hydrogen (secondary N) is 1. The van der Waals surface area contributed by atoms with Crippen molar-refractivity contribution in [2.24, 2.45) is 5.84 Å². The highest BCUT2D eigenvalue weighted by atomic mass is 79.9. The van der Waals surface area contributed by atoms with Crippen molar-refractivity contribution in [3.8, 4) is 5.75 Å². The highest BCUT2D eigenvalue weighted by molar-refractivity contribution is 9.10. The Labute approximate surface area is 123 Å². The van der Waals surface area contributed by atoms with E-state index >= 15 is 0 Å². The van der Waals surface area contributed by atoms with E-state index < -0.39 is 5.91 Å². The van der Waals surface area contributed by atoms with Crippen LogP contribution in [0.3, 0.4) is 0 Å². The summed E-state index contributed by atoms with van der Waals surface area (Å²) in [6, 6.07) is 5.90. The Balaban J connectivity index is 2.08. The number of nitrogen functional groups attached to an aromatic ring is 1. The number of benzene rings is 1. The molecule has 20 heavy (non-hydrogen) atoms. The number of hydrazine groups is 1. The molecule has 0 spiro atoms. The Morgan fingerprint density at radius 3 is 2.90 bits per heavy atom. The van der Waals surface area contributed by atoms with Gasteiger partial charge in [0.15, 0.2) is 5.76 Å². The van der Waals surface area contributed by atoms with Crippen LogP contribution in [0.1, 0.15) is 21.9 Å². The number of halogens is 2. The predicted octanol–water partition coefficient (Wildman–Crippen LogP) is 2.67. The molecule has 7 heteroatoms. The maximum absolute atomic E-state index is 13.1. The third-order valence-corrected chi connectivity index (χ3v) is 3.27. The Hall–Kier alpha value is -1.86. The average molecular weight is 343 g/mol. The molecule has 0 aliphatic carbocycles. The first kappa shape index (κ1) is 14.5. The number of furan rings is 1. The lowest BCUT2D eigenvalue weighted by atomic mass is 10.2. The zero-order valence-electron chi connectivity index (χ0n) is 10.6. The number of hydrogen-bond acceptors (Lipinski definition) is 4. The van der Waals surface area contributed by atoms with E-state index in [1.54, 1.807) is 13.0 Å². The van der Waals surface area contributed by atoms with Crippen LogP contribution in [0.15, 0.2) is 33.2 Å². The van der Waals surface area contributed by atoms with Gasteiger partial charge < -0.3 is 9.15 Å². The molecule has 1 heterocycles. The summed E-state index contributed by atoms with van der Waals surface area (Å²) >= 11 is 3.08. The van der Waals surface area contributed by atoms with Gasteiger partial charge >= 0.3 is 5.91 Å². The summed E-state index contributed by atoms with van der Waals surface area (Å²) in [6.45, 7) is 1.91. The molecule has 0 saturated heterocycles. The predicted molar refractivity (Wildman–Crippen MR) is 73.5 cm³/mol. The second-order valence-electron chi connectivity index (χ2n) is 4.03. The number of rotatable bonds is 4.